The maximum Gasteiger partial charge on any atom is 0.0783 e. The molecule has 0 fully saturated rings. The molecule has 0 saturated carbocycles. The summed E-state index contributed by atoms with van der Waals surface area (Å²) in [5.41, 5.74) is 11.0. The number of aromatic nitrogens is 2. The first-order valence-electron chi connectivity index (χ1n) is 18.4. The van der Waals surface area contributed by atoms with Gasteiger partial charge in [-0.15, -0.1) is 0 Å². The molecule has 0 atom stereocenters. The minimum Gasteiger partial charge on any atom is -0.308 e. The van der Waals surface area contributed by atoms with E-state index in [1.165, 1.54) is 97.7 Å². The number of hydrogen-bond donors (Lipinski definition) is 0. The van der Waals surface area contributed by atoms with Crippen LogP contribution in [0.25, 0.3) is 97.7 Å². The molecule has 9 aromatic carbocycles. The Morgan fingerprint density at radius 3 is 1.55 bits per heavy atom. The lowest BCUT2D eigenvalue weighted by atomic mass is 9.99. The number of rotatable bonds is 3. The van der Waals surface area contributed by atoms with Crippen LogP contribution >= 0.6 is 0 Å². The lowest BCUT2D eigenvalue weighted by Crippen LogP contribution is -2.10. The van der Waals surface area contributed by atoms with E-state index in [9.17, 15) is 0 Å². The number of hydrogen-bond acceptors (Lipinski definition) is 1. The van der Waals surface area contributed by atoms with Crippen LogP contribution in [-0.2, 0) is 0 Å². The van der Waals surface area contributed by atoms with Crippen molar-refractivity contribution in [1.82, 2.24) is 8.80 Å². The van der Waals surface area contributed by atoms with Crippen molar-refractivity contribution in [2.75, 3.05) is 4.90 Å². The molecule has 4 aromatic heterocycles. The van der Waals surface area contributed by atoms with Crippen molar-refractivity contribution in [3.05, 3.63) is 176 Å². The van der Waals surface area contributed by atoms with Gasteiger partial charge in [-0.25, -0.2) is 0 Å². The van der Waals surface area contributed by atoms with Crippen molar-refractivity contribution >= 4 is 115 Å². The molecule has 0 spiro atoms. The summed E-state index contributed by atoms with van der Waals surface area (Å²) in [5.74, 6) is 0. The molecule has 53 heavy (non-hydrogen) atoms. The lowest BCUT2D eigenvalue weighted by Gasteiger charge is -2.26. The minimum atomic E-state index is 1.13. The summed E-state index contributed by atoms with van der Waals surface area (Å²) in [6.07, 6.45) is 0. The van der Waals surface area contributed by atoms with Gasteiger partial charge >= 0.3 is 0 Å². The molecule has 0 amide bonds. The zero-order chi connectivity index (χ0) is 34.4. The van der Waals surface area contributed by atoms with Gasteiger partial charge in [-0.1, -0.05) is 115 Å². The number of anilines is 3. The van der Waals surface area contributed by atoms with Gasteiger partial charge in [0.2, 0.25) is 0 Å². The van der Waals surface area contributed by atoms with Crippen LogP contribution in [0.1, 0.15) is 0 Å². The Bertz CT molecular complexity index is 3570. The Morgan fingerprint density at radius 2 is 0.811 bits per heavy atom. The van der Waals surface area contributed by atoms with Crippen molar-refractivity contribution in [2.45, 2.75) is 0 Å². The summed E-state index contributed by atoms with van der Waals surface area (Å²) in [7, 11) is 0. The lowest BCUT2D eigenvalue weighted by molar-refractivity contribution is 1.27. The Morgan fingerprint density at radius 1 is 0.302 bits per heavy atom. The van der Waals surface area contributed by atoms with Gasteiger partial charge in [0.25, 0.3) is 0 Å². The first-order valence-corrected chi connectivity index (χ1v) is 18.4. The Kier molecular flexibility index (Phi) is 5.11. The van der Waals surface area contributed by atoms with E-state index in [4.69, 9.17) is 0 Å². The molecule has 244 valence electrons. The van der Waals surface area contributed by atoms with E-state index in [2.05, 4.69) is 190 Å². The number of benzene rings is 9. The second-order valence-electron chi connectivity index (χ2n) is 14.5. The highest BCUT2D eigenvalue weighted by Gasteiger charge is 2.26. The topological polar surface area (TPSA) is 12.1 Å². The molecule has 0 N–H and O–H groups in total. The van der Waals surface area contributed by atoms with E-state index in [-0.39, 0.29) is 0 Å². The van der Waals surface area contributed by atoms with E-state index >= 15 is 0 Å². The average Bonchev–Trinajstić information content (AvgIpc) is 3.93. The fourth-order valence-corrected chi connectivity index (χ4v) is 9.73. The van der Waals surface area contributed by atoms with Crippen LogP contribution in [0.4, 0.5) is 17.1 Å². The Labute approximate surface area is 303 Å². The van der Waals surface area contributed by atoms with Crippen LogP contribution in [0.5, 0.6) is 0 Å². The standard InChI is InChI=1S/C50H29N3/c1-3-16-33(17-4-1)51(34-18-5-2-6-19-34)43-24-12-23-38-47-35-20-10-9-15-32(35)26-42-41-29-45-40(28-46(41)53(49(38)43)50(42)47)37-22-11-21-36-39-25-30-13-7-8-14-31(30)27-44(39)52(45)48(36)37/h1-29H. The zero-order valence-corrected chi connectivity index (χ0v) is 28.6. The smallest absolute Gasteiger partial charge is 0.0783 e. The molecule has 0 aliphatic carbocycles. The maximum absolute atomic E-state index is 2.58. The first kappa shape index (κ1) is 27.6. The second-order valence-corrected chi connectivity index (χ2v) is 14.5. The molecular formula is C50H29N3. The summed E-state index contributed by atoms with van der Waals surface area (Å²) in [4.78, 5) is 2.42. The van der Waals surface area contributed by atoms with Crippen LogP contribution in [0.15, 0.2) is 176 Å². The Balaban J connectivity index is 1.25. The molecule has 0 aliphatic heterocycles. The van der Waals surface area contributed by atoms with Crippen LogP contribution in [0.2, 0.25) is 0 Å². The second kappa shape index (κ2) is 9.81. The third-order valence-corrected chi connectivity index (χ3v) is 11.9. The van der Waals surface area contributed by atoms with Gasteiger partial charge in [-0.2, -0.15) is 0 Å². The number of para-hydroxylation sites is 4. The molecule has 0 aliphatic rings. The van der Waals surface area contributed by atoms with Crippen molar-refractivity contribution in [3.8, 4) is 0 Å². The van der Waals surface area contributed by atoms with Gasteiger partial charge in [-0.05, 0) is 82.2 Å². The number of nitrogens with zero attached hydrogens (tertiary/aromatic N) is 3. The summed E-state index contributed by atoms with van der Waals surface area (Å²) >= 11 is 0. The van der Waals surface area contributed by atoms with E-state index in [0.29, 0.717) is 0 Å². The molecule has 3 nitrogen and oxygen atoms in total. The molecule has 0 unspecified atom stereocenters. The van der Waals surface area contributed by atoms with Gasteiger partial charge in [0.15, 0.2) is 0 Å². The van der Waals surface area contributed by atoms with E-state index in [1.807, 2.05) is 0 Å². The van der Waals surface area contributed by atoms with E-state index < -0.39 is 0 Å². The van der Waals surface area contributed by atoms with Crippen LogP contribution in [0, 0.1) is 0 Å². The fourth-order valence-electron chi connectivity index (χ4n) is 9.73. The monoisotopic (exact) mass is 671 g/mol. The van der Waals surface area contributed by atoms with Gasteiger partial charge in [0.1, 0.15) is 0 Å². The summed E-state index contributed by atoms with van der Waals surface area (Å²) in [5, 5.41) is 15.4. The van der Waals surface area contributed by atoms with Crippen LogP contribution < -0.4 is 4.90 Å². The highest BCUT2D eigenvalue weighted by molar-refractivity contribution is 6.34. The molecule has 13 aromatic rings. The maximum atomic E-state index is 2.58. The first-order chi connectivity index (χ1) is 26.3. The SMILES string of the molecule is c1ccc(N(c2ccccc2)c2cccc3c4c5ccccc5cc5c6cc7c(cc6n(c23)c54)c2cccc3c4cc5ccccc5cc4n7c32)cc1. The minimum absolute atomic E-state index is 1.13. The molecule has 0 radical (unpaired) electrons. The third-order valence-electron chi connectivity index (χ3n) is 11.9. The normalized spacial score (nSPS) is 12.5. The zero-order valence-electron chi connectivity index (χ0n) is 28.6. The Hall–Kier alpha value is -7.10. The van der Waals surface area contributed by atoms with Gasteiger partial charge < -0.3 is 13.7 Å². The summed E-state index contributed by atoms with van der Waals surface area (Å²) in [6, 6.07) is 65.0. The molecule has 4 heterocycles. The molecular weight excluding hydrogens is 643 g/mol. The summed E-state index contributed by atoms with van der Waals surface area (Å²) < 4.78 is 5.11. The highest BCUT2D eigenvalue weighted by atomic mass is 15.2. The molecule has 0 bridgehead atoms. The predicted octanol–water partition coefficient (Wildman–Crippen LogP) is 13.8. The van der Waals surface area contributed by atoms with Crippen molar-refractivity contribution in [2.24, 2.45) is 0 Å². The van der Waals surface area contributed by atoms with E-state index in [1.54, 1.807) is 0 Å². The average molecular weight is 672 g/mol. The molecule has 0 saturated heterocycles. The molecule has 13 rings (SSSR count). The molecule has 3 heteroatoms. The van der Waals surface area contributed by atoms with Gasteiger partial charge in [-0.3, -0.25) is 0 Å². The van der Waals surface area contributed by atoms with Crippen LogP contribution in [-0.4, -0.2) is 8.80 Å². The summed E-state index contributed by atoms with van der Waals surface area (Å²) in [6.45, 7) is 0. The van der Waals surface area contributed by atoms with Gasteiger partial charge in [0, 0.05) is 54.5 Å². The van der Waals surface area contributed by atoms with Crippen molar-refractivity contribution in [3.63, 3.8) is 0 Å². The predicted molar refractivity (Wildman–Crippen MR) is 225 cm³/mol. The van der Waals surface area contributed by atoms with Crippen molar-refractivity contribution < 1.29 is 0 Å². The van der Waals surface area contributed by atoms with Gasteiger partial charge in [0.05, 0.1) is 38.8 Å². The number of fused-ring (bicyclic) bond motifs is 15. The highest BCUT2D eigenvalue weighted by Crippen LogP contribution is 2.49. The van der Waals surface area contributed by atoms with Crippen molar-refractivity contribution in [1.29, 1.82) is 0 Å². The third kappa shape index (κ3) is 3.44. The quantitative estimate of drug-likeness (QED) is 0.182. The van der Waals surface area contributed by atoms with E-state index in [0.717, 1.165) is 17.1 Å². The largest absolute Gasteiger partial charge is 0.308 e. The van der Waals surface area contributed by atoms with Crippen LogP contribution in [0.3, 0.4) is 0 Å². The fraction of sp³-hybridized carbons (Fsp3) is 0.